The van der Waals surface area contributed by atoms with Gasteiger partial charge < -0.3 is 9.84 Å². The zero-order chi connectivity index (χ0) is 14.4. The molecule has 2 N–H and O–H groups in total. The van der Waals surface area contributed by atoms with Gasteiger partial charge in [0, 0.05) is 30.5 Å². The molecule has 0 aliphatic carbocycles. The van der Waals surface area contributed by atoms with Gasteiger partial charge in [0.1, 0.15) is 5.75 Å². The lowest BCUT2D eigenvalue weighted by Gasteiger charge is -2.17. The number of aliphatic carboxylic acids is 1. The van der Waals surface area contributed by atoms with E-state index in [-0.39, 0.29) is 6.61 Å². The van der Waals surface area contributed by atoms with Gasteiger partial charge in [-0.15, -0.1) is 0 Å². The Bertz CT molecular complexity index is 555. The highest BCUT2D eigenvalue weighted by Gasteiger charge is 2.08. The molecule has 20 heavy (non-hydrogen) atoms. The lowest BCUT2D eigenvalue weighted by Crippen LogP contribution is -2.18. The number of benzene rings is 1. The Kier molecular flexibility index (Phi) is 4.73. The number of aromatic amines is 1. The molecule has 1 aromatic carbocycles. The summed E-state index contributed by atoms with van der Waals surface area (Å²) in [5.41, 5.74) is 1.98. The van der Waals surface area contributed by atoms with Crippen LogP contribution in [0.5, 0.6) is 5.75 Å². The van der Waals surface area contributed by atoms with Crippen LogP contribution in [0.1, 0.15) is 11.3 Å². The number of H-pyrrole nitrogens is 1. The molecule has 0 saturated carbocycles. The van der Waals surface area contributed by atoms with Crippen LogP contribution in [0.25, 0.3) is 0 Å². The molecule has 6 heteroatoms. The quantitative estimate of drug-likeness (QED) is 0.800. The molecule has 0 amide bonds. The van der Waals surface area contributed by atoms with Crippen molar-refractivity contribution in [3.63, 3.8) is 0 Å². The maximum absolute atomic E-state index is 10.6. The number of para-hydroxylation sites is 1. The van der Waals surface area contributed by atoms with Gasteiger partial charge in [-0.2, -0.15) is 5.10 Å². The molecule has 0 radical (unpaired) electrons. The van der Waals surface area contributed by atoms with E-state index in [0.29, 0.717) is 12.3 Å². The van der Waals surface area contributed by atoms with E-state index in [1.165, 1.54) is 0 Å². The molecule has 0 aliphatic heterocycles. The van der Waals surface area contributed by atoms with E-state index in [1.54, 1.807) is 12.3 Å². The lowest BCUT2D eigenvalue weighted by atomic mass is 10.2. The van der Waals surface area contributed by atoms with Crippen LogP contribution in [-0.4, -0.2) is 39.8 Å². The van der Waals surface area contributed by atoms with Crippen molar-refractivity contribution in [2.24, 2.45) is 0 Å². The van der Waals surface area contributed by atoms with E-state index in [1.807, 2.05) is 31.3 Å². The van der Waals surface area contributed by atoms with Crippen molar-refractivity contribution in [3.05, 3.63) is 47.8 Å². The van der Waals surface area contributed by atoms with E-state index < -0.39 is 5.97 Å². The molecule has 0 saturated heterocycles. The van der Waals surface area contributed by atoms with Crippen LogP contribution in [0.3, 0.4) is 0 Å². The van der Waals surface area contributed by atoms with Crippen LogP contribution < -0.4 is 4.74 Å². The second-order valence-electron chi connectivity index (χ2n) is 4.54. The minimum absolute atomic E-state index is 0.332. The number of carbonyl (C=O) groups is 1. The van der Waals surface area contributed by atoms with E-state index in [9.17, 15) is 4.79 Å². The molecule has 0 atom stereocenters. The monoisotopic (exact) mass is 275 g/mol. The molecule has 1 heterocycles. The molecule has 0 fully saturated rings. The van der Waals surface area contributed by atoms with Gasteiger partial charge in [0.15, 0.2) is 6.61 Å². The highest BCUT2D eigenvalue weighted by Crippen LogP contribution is 2.19. The Labute approximate surface area is 117 Å². The van der Waals surface area contributed by atoms with Crippen molar-refractivity contribution in [2.45, 2.75) is 13.1 Å². The average Bonchev–Trinajstić information content (AvgIpc) is 2.90. The highest BCUT2D eigenvalue weighted by atomic mass is 16.5. The lowest BCUT2D eigenvalue weighted by molar-refractivity contribution is -0.139. The first-order chi connectivity index (χ1) is 9.65. The van der Waals surface area contributed by atoms with Crippen molar-refractivity contribution in [1.82, 2.24) is 15.1 Å². The first-order valence-corrected chi connectivity index (χ1v) is 6.24. The van der Waals surface area contributed by atoms with E-state index in [2.05, 4.69) is 15.1 Å². The summed E-state index contributed by atoms with van der Waals surface area (Å²) >= 11 is 0. The Morgan fingerprint density at radius 1 is 1.35 bits per heavy atom. The van der Waals surface area contributed by atoms with Gasteiger partial charge in [0.2, 0.25) is 0 Å². The number of aromatic nitrogens is 2. The summed E-state index contributed by atoms with van der Waals surface area (Å²) in [5, 5.41) is 15.5. The normalized spacial score (nSPS) is 10.7. The fourth-order valence-electron chi connectivity index (χ4n) is 1.92. The molecule has 2 rings (SSSR count). The Morgan fingerprint density at radius 3 is 2.85 bits per heavy atom. The number of hydrogen-bond donors (Lipinski definition) is 2. The van der Waals surface area contributed by atoms with Crippen LogP contribution in [-0.2, 0) is 17.9 Å². The Balaban J connectivity index is 1.99. The zero-order valence-electron chi connectivity index (χ0n) is 11.2. The summed E-state index contributed by atoms with van der Waals surface area (Å²) in [6, 6.07) is 9.37. The average molecular weight is 275 g/mol. The van der Waals surface area contributed by atoms with E-state index in [4.69, 9.17) is 9.84 Å². The summed E-state index contributed by atoms with van der Waals surface area (Å²) < 4.78 is 5.29. The summed E-state index contributed by atoms with van der Waals surface area (Å²) in [7, 11) is 1.98. The number of hydrogen-bond acceptors (Lipinski definition) is 4. The molecule has 0 bridgehead atoms. The summed E-state index contributed by atoms with van der Waals surface area (Å²) in [4.78, 5) is 12.7. The number of nitrogens with zero attached hydrogens (tertiary/aromatic N) is 2. The number of carboxylic acid groups (broad SMARTS) is 1. The largest absolute Gasteiger partial charge is 0.482 e. The highest BCUT2D eigenvalue weighted by molar-refractivity contribution is 5.68. The summed E-state index contributed by atoms with van der Waals surface area (Å²) in [6.07, 6.45) is 1.72. The molecule has 2 aromatic rings. The molecule has 0 aliphatic rings. The Morgan fingerprint density at radius 2 is 2.15 bits per heavy atom. The molecule has 0 unspecified atom stereocenters. The third-order valence-electron chi connectivity index (χ3n) is 2.76. The number of nitrogens with one attached hydrogen (secondary N) is 1. The fraction of sp³-hybridized carbons (Fsp3) is 0.286. The van der Waals surface area contributed by atoms with Crippen molar-refractivity contribution >= 4 is 5.97 Å². The maximum Gasteiger partial charge on any atom is 0.341 e. The third kappa shape index (κ3) is 4.10. The van der Waals surface area contributed by atoms with Crippen LogP contribution in [0.2, 0.25) is 0 Å². The number of ether oxygens (including phenoxy) is 1. The second kappa shape index (κ2) is 6.72. The smallest absolute Gasteiger partial charge is 0.341 e. The molecule has 106 valence electrons. The number of rotatable bonds is 7. The van der Waals surface area contributed by atoms with Gasteiger partial charge >= 0.3 is 5.97 Å². The minimum atomic E-state index is -0.981. The standard InChI is InChI=1S/C14H17N3O3/c1-17(9-12-6-7-15-16-12)8-11-4-2-3-5-13(11)20-10-14(18)19/h2-7H,8-10H2,1H3,(H,15,16)(H,18,19). The Hall–Kier alpha value is -2.34. The predicted octanol–water partition coefficient (Wildman–Crippen LogP) is 1.51. The number of carboxylic acids is 1. The maximum atomic E-state index is 10.6. The zero-order valence-corrected chi connectivity index (χ0v) is 11.2. The first kappa shape index (κ1) is 14.1. The van der Waals surface area contributed by atoms with Gasteiger partial charge in [-0.3, -0.25) is 10.00 Å². The van der Waals surface area contributed by atoms with Gasteiger partial charge in [0.25, 0.3) is 0 Å². The van der Waals surface area contributed by atoms with E-state index >= 15 is 0 Å². The van der Waals surface area contributed by atoms with E-state index in [0.717, 1.165) is 17.8 Å². The first-order valence-electron chi connectivity index (χ1n) is 6.24. The van der Waals surface area contributed by atoms with Gasteiger partial charge in [0.05, 0.1) is 0 Å². The fourth-order valence-corrected chi connectivity index (χ4v) is 1.92. The van der Waals surface area contributed by atoms with Crippen molar-refractivity contribution in [1.29, 1.82) is 0 Å². The van der Waals surface area contributed by atoms with Crippen molar-refractivity contribution in [3.8, 4) is 5.75 Å². The minimum Gasteiger partial charge on any atom is -0.482 e. The van der Waals surface area contributed by atoms with Crippen LogP contribution in [0, 0.1) is 0 Å². The topological polar surface area (TPSA) is 78.5 Å². The van der Waals surface area contributed by atoms with Gasteiger partial charge in [-0.05, 0) is 19.2 Å². The molecule has 1 aromatic heterocycles. The van der Waals surface area contributed by atoms with Crippen molar-refractivity contribution in [2.75, 3.05) is 13.7 Å². The van der Waals surface area contributed by atoms with Gasteiger partial charge in [-0.1, -0.05) is 18.2 Å². The molecule has 6 nitrogen and oxygen atoms in total. The van der Waals surface area contributed by atoms with Crippen LogP contribution >= 0.6 is 0 Å². The third-order valence-corrected chi connectivity index (χ3v) is 2.76. The summed E-state index contributed by atoms with van der Waals surface area (Å²) in [6.45, 7) is 1.06. The molecular weight excluding hydrogens is 258 g/mol. The van der Waals surface area contributed by atoms with Crippen LogP contribution in [0.15, 0.2) is 36.5 Å². The van der Waals surface area contributed by atoms with Crippen LogP contribution in [0.4, 0.5) is 0 Å². The molecule has 0 spiro atoms. The SMILES string of the molecule is CN(Cc1ccn[nH]1)Cc1ccccc1OCC(=O)O. The van der Waals surface area contributed by atoms with Gasteiger partial charge in [-0.25, -0.2) is 4.79 Å². The molecular formula is C14H17N3O3. The second-order valence-corrected chi connectivity index (χ2v) is 4.54. The predicted molar refractivity (Wildman–Crippen MR) is 73.3 cm³/mol. The van der Waals surface area contributed by atoms with Crippen molar-refractivity contribution < 1.29 is 14.6 Å². The summed E-state index contributed by atoms with van der Waals surface area (Å²) in [5.74, 6) is -0.378.